The molecule has 25 heavy (non-hydrogen) atoms. The average Bonchev–Trinajstić information content (AvgIpc) is 2.87. The van der Waals surface area contributed by atoms with Crippen LogP contribution in [0.1, 0.15) is 41.1 Å². The van der Waals surface area contributed by atoms with Crippen LogP contribution in [0.3, 0.4) is 0 Å². The highest BCUT2D eigenvalue weighted by atomic mass is 35.5. The summed E-state index contributed by atoms with van der Waals surface area (Å²) in [6.07, 6.45) is 1.05. The zero-order valence-electron chi connectivity index (χ0n) is 14.2. The number of halogens is 2. The maximum absolute atomic E-state index is 12.5. The first-order valence-corrected chi connectivity index (χ1v) is 8.40. The highest BCUT2D eigenvalue weighted by Gasteiger charge is 2.25. The predicted octanol–water partition coefficient (Wildman–Crippen LogP) is 4.23. The average molecular weight is 384 g/mol. The standard InChI is InChI=1S/C18H19Cl2NO4/c1-10-8-25-14(7-15(22)23)16(10)17(24)21-9-18(2,3)11-4-5-12(19)13(20)6-11/h4-6,8H,7,9H2,1-3H3,(H,21,24)(H,22,23). The number of amides is 1. The fraction of sp³-hybridized carbons (Fsp3) is 0.333. The fourth-order valence-corrected chi connectivity index (χ4v) is 2.78. The second-order valence-corrected chi connectivity index (χ2v) is 7.30. The van der Waals surface area contributed by atoms with E-state index in [1.54, 1.807) is 19.1 Å². The van der Waals surface area contributed by atoms with E-state index in [9.17, 15) is 9.59 Å². The highest BCUT2D eigenvalue weighted by molar-refractivity contribution is 6.42. The lowest BCUT2D eigenvalue weighted by molar-refractivity contribution is -0.136. The van der Waals surface area contributed by atoms with Crippen LogP contribution in [0, 0.1) is 6.92 Å². The number of carbonyl (C=O) groups is 2. The first-order valence-electron chi connectivity index (χ1n) is 7.64. The van der Waals surface area contributed by atoms with E-state index in [0.717, 1.165) is 5.56 Å². The zero-order valence-corrected chi connectivity index (χ0v) is 15.7. The second kappa shape index (κ2) is 7.50. The number of furan rings is 1. The van der Waals surface area contributed by atoms with Gasteiger partial charge in [-0.05, 0) is 24.6 Å². The van der Waals surface area contributed by atoms with Crippen molar-refractivity contribution in [3.63, 3.8) is 0 Å². The zero-order chi connectivity index (χ0) is 18.8. The van der Waals surface area contributed by atoms with Crippen molar-refractivity contribution in [2.45, 2.75) is 32.6 Å². The summed E-state index contributed by atoms with van der Waals surface area (Å²) in [6, 6.07) is 5.35. The Morgan fingerprint density at radius 2 is 1.92 bits per heavy atom. The Labute approximate surface area is 155 Å². The van der Waals surface area contributed by atoms with Crippen molar-refractivity contribution in [2.24, 2.45) is 0 Å². The normalized spacial score (nSPS) is 11.4. The number of aliphatic carboxylic acids is 1. The molecule has 1 aromatic carbocycles. The summed E-state index contributed by atoms with van der Waals surface area (Å²) in [5.41, 5.74) is 1.40. The van der Waals surface area contributed by atoms with Crippen molar-refractivity contribution in [1.82, 2.24) is 5.32 Å². The van der Waals surface area contributed by atoms with Gasteiger partial charge in [0.15, 0.2) is 0 Å². The minimum Gasteiger partial charge on any atom is -0.481 e. The van der Waals surface area contributed by atoms with Gasteiger partial charge < -0.3 is 14.8 Å². The first-order chi connectivity index (χ1) is 11.6. The van der Waals surface area contributed by atoms with Crippen LogP contribution in [0.15, 0.2) is 28.9 Å². The maximum Gasteiger partial charge on any atom is 0.311 e. The molecule has 5 nitrogen and oxygen atoms in total. The smallest absolute Gasteiger partial charge is 0.311 e. The lowest BCUT2D eigenvalue weighted by Gasteiger charge is -2.26. The molecular weight excluding hydrogens is 365 g/mol. The minimum atomic E-state index is -1.06. The van der Waals surface area contributed by atoms with Gasteiger partial charge in [0.05, 0.1) is 21.9 Å². The van der Waals surface area contributed by atoms with Crippen LogP contribution in [0.2, 0.25) is 10.0 Å². The largest absolute Gasteiger partial charge is 0.481 e. The van der Waals surface area contributed by atoms with E-state index in [4.69, 9.17) is 32.7 Å². The number of rotatable bonds is 6. The third kappa shape index (κ3) is 4.55. The molecule has 0 bridgehead atoms. The van der Waals surface area contributed by atoms with Crippen molar-refractivity contribution in [3.05, 3.63) is 57.0 Å². The van der Waals surface area contributed by atoms with Crippen LogP contribution in [0.4, 0.5) is 0 Å². The van der Waals surface area contributed by atoms with Crippen molar-refractivity contribution in [3.8, 4) is 0 Å². The van der Waals surface area contributed by atoms with Crippen molar-refractivity contribution in [2.75, 3.05) is 6.54 Å². The highest BCUT2D eigenvalue weighted by Crippen LogP contribution is 2.29. The molecule has 0 fully saturated rings. The van der Waals surface area contributed by atoms with E-state index in [-0.39, 0.29) is 23.7 Å². The van der Waals surface area contributed by atoms with Gasteiger partial charge in [-0.3, -0.25) is 9.59 Å². The molecule has 0 spiro atoms. The summed E-state index contributed by atoms with van der Waals surface area (Å²) < 4.78 is 5.20. The summed E-state index contributed by atoms with van der Waals surface area (Å²) in [4.78, 5) is 23.4. The van der Waals surface area contributed by atoms with E-state index in [1.165, 1.54) is 6.26 Å². The quantitative estimate of drug-likeness (QED) is 0.781. The molecule has 1 amide bonds. The van der Waals surface area contributed by atoms with Gasteiger partial charge in [-0.1, -0.05) is 43.1 Å². The van der Waals surface area contributed by atoms with Crippen LogP contribution in [-0.2, 0) is 16.6 Å². The number of aryl methyl sites for hydroxylation is 1. The molecule has 0 saturated heterocycles. The molecule has 0 saturated carbocycles. The van der Waals surface area contributed by atoms with E-state index in [0.29, 0.717) is 22.2 Å². The number of benzene rings is 1. The van der Waals surface area contributed by atoms with Gasteiger partial charge >= 0.3 is 5.97 Å². The molecule has 2 aromatic rings. The van der Waals surface area contributed by atoms with Crippen molar-refractivity contribution >= 4 is 35.1 Å². The second-order valence-electron chi connectivity index (χ2n) is 6.48. The fourth-order valence-electron chi connectivity index (χ4n) is 2.48. The van der Waals surface area contributed by atoms with Crippen LogP contribution in [0.5, 0.6) is 0 Å². The number of hydrogen-bond acceptors (Lipinski definition) is 3. The van der Waals surface area contributed by atoms with E-state index < -0.39 is 11.4 Å². The molecule has 134 valence electrons. The van der Waals surface area contributed by atoms with E-state index >= 15 is 0 Å². The molecule has 0 aliphatic carbocycles. The Hall–Kier alpha value is -1.98. The Balaban J connectivity index is 2.15. The molecular formula is C18H19Cl2NO4. The predicted molar refractivity (Wildman–Crippen MR) is 96.6 cm³/mol. The van der Waals surface area contributed by atoms with Crippen LogP contribution in [-0.4, -0.2) is 23.5 Å². The van der Waals surface area contributed by atoms with Gasteiger partial charge in [0.1, 0.15) is 12.2 Å². The Morgan fingerprint density at radius 1 is 1.24 bits per heavy atom. The minimum absolute atomic E-state index is 0.148. The lowest BCUT2D eigenvalue weighted by atomic mass is 9.84. The number of carbonyl (C=O) groups excluding carboxylic acids is 1. The number of nitrogens with one attached hydrogen (secondary N) is 1. The Morgan fingerprint density at radius 3 is 2.52 bits per heavy atom. The summed E-state index contributed by atoms with van der Waals surface area (Å²) in [6.45, 7) is 5.97. The van der Waals surface area contributed by atoms with Gasteiger partial charge in [0, 0.05) is 17.5 Å². The third-order valence-electron chi connectivity index (χ3n) is 3.98. The van der Waals surface area contributed by atoms with Crippen LogP contribution < -0.4 is 5.32 Å². The Bertz CT molecular complexity index is 811. The van der Waals surface area contributed by atoms with Crippen LogP contribution in [0.25, 0.3) is 0 Å². The van der Waals surface area contributed by atoms with Gasteiger partial charge in [-0.25, -0.2) is 0 Å². The van der Waals surface area contributed by atoms with E-state index in [1.807, 2.05) is 19.9 Å². The maximum atomic E-state index is 12.5. The number of hydrogen-bond donors (Lipinski definition) is 2. The van der Waals surface area contributed by atoms with Gasteiger partial charge in [0.25, 0.3) is 5.91 Å². The lowest BCUT2D eigenvalue weighted by Crippen LogP contribution is -2.37. The monoisotopic (exact) mass is 383 g/mol. The molecule has 2 N–H and O–H groups in total. The van der Waals surface area contributed by atoms with Crippen molar-refractivity contribution in [1.29, 1.82) is 0 Å². The van der Waals surface area contributed by atoms with Gasteiger partial charge in [-0.2, -0.15) is 0 Å². The summed E-state index contributed by atoms with van der Waals surface area (Å²) in [5.74, 6) is -1.27. The SMILES string of the molecule is Cc1coc(CC(=O)O)c1C(=O)NCC(C)(C)c1ccc(Cl)c(Cl)c1. The van der Waals surface area contributed by atoms with Crippen molar-refractivity contribution < 1.29 is 19.1 Å². The summed E-state index contributed by atoms with van der Waals surface area (Å²) in [7, 11) is 0. The summed E-state index contributed by atoms with van der Waals surface area (Å²) >= 11 is 12.0. The number of carboxylic acids is 1. The molecule has 2 rings (SSSR count). The van der Waals surface area contributed by atoms with Crippen LogP contribution >= 0.6 is 23.2 Å². The number of carboxylic acid groups (broad SMARTS) is 1. The molecule has 0 aliphatic rings. The molecule has 7 heteroatoms. The Kier molecular flexibility index (Phi) is 5.80. The molecule has 0 radical (unpaired) electrons. The molecule has 0 atom stereocenters. The van der Waals surface area contributed by atoms with E-state index in [2.05, 4.69) is 5.32 Å². The molecule has 0 aliphatic heterocycles. The van der Waals surface area contributed by atoms with Gasteiger partial charge in [0.2, 0.25) is 0 Å². The topological polar surface area (TPSA) is 79.5 Å². The first kappa shape index (κ1) is 19.3. The summed E-state index contributed by atoms with van der Waals surface area (Å²) in [5, 5.41) is 12.7. The molecule has 1 heterocycles. The molecule has 1 aromatic heterocycles. The molecule has 0 unspecified atom stereocenters. The van der Waals surface area contributed by atoms with Gasteiger partial charge in [-0.15, -0.1) is 0 Å². The third-order valence-corrected chi connectivity index (χ3v) is 4.72.